The molecule has 3 nitrogen and oxygen atoms in total. The zero-order chi connectivity index (χ0) is 20.0. The smallest absolute Gasteiger partial charge is 0.395 e. The van der Waals surface area contributed by atoms with Crippen LogP contribution in [0, 0.1) is 6.92 Å². The fraction of sp³-hybridized carbons (Fsp3) is 0.350. The number of esters is 1. The van der Waals surface area contributed by atoms with Gasteiger partial charge in [0.05, 0.1) is 12.5 Å². The van der Waals surface area contributed by atoms with E-state index in [1.165, 1.54) is 24.3 Å². The summed E-state index contributed by atoms with van der Waals surface area (Å²) in [7, 11) is 0. The summed E-state index contributed by atoms with van der Waals surface area (Å²) in [5.41, 5.74) is 0.981. The molecule has 0 aliphatic heterocycles. The number of halogens is 4. The van der Waals surface area contributed by atoms with Gasteiger partial charge >= 0.3 is 12.1 Å². The van der Waals surface area contributed by atoms with Crippen LogP contribution < -0.4 is 4.74 Å². The SMILES string of the molecule is CCOC(=O)CC[C@@H](c1ccc(Oc2cccc(Br)c2C)cc1)C(F)(F)F. The minimum Gasteiger partial charge on any atom is -0.466 e. The van der Waals surface area contributed by atoms with Gasteiger partial charge in [-0.2, -0.15) is 13.2 Å². The third kappa shape index (κ3) is 5.99. The molecular formula is C20H20BrF3O3. The molecule has 0 radical (unpaired) electrons. The Hall–Kier alpha value is -2.02. The van der Waals surface area contributed by atoms with E-state index in [0.717, 1.165) is 10.0 Å². The largest absolute Gasteiger partial charge is 0.466 e. The summed E-state index contributed by atoms with van der Waals surface area (Å²) in [5.74, 6) is -1.31. The topological polar surface area (TPSA) is 35.5 Å². The molecule has 146 valence electrons. The first kappa shape index (κ1) is 21.3. The Kier molecular flexibility index (Phi) is 7.30. The highest BCUT2D eigenvalue weighted by Gasteiger charge is 2.40. The van der Waals surface area contributed by atoms with Crippen LogP contribution in [0.3, 0.4) is 0 Å². The molecule has 0 amide bonds. The van der Waals surface area contributed by atoms with Crippen LogP contribution >= 0.6 is 15.9 Å². The first-order valence-corrected chi connectivity index (χ1v) is 9.27. The van der Waals surface area contributed by atoms with Gasteiger partial charge in [-0.1, -0.05) is 34.1 Å². The number of carbonyl (C=O) groups is 1. The van der Waals surface area contributed by atoms with Gasteiger partial charge in [-0.25, -0.2) is 0 Å². The van der Waals surface area contributed by atoms with E-state index in [2.05, 4.69) is 15.9 Å². The van der Waals surface area contributed by atoms with Gasteiger partial charge in [0, 0.05) is 16.5 Å². The summed E-state index contributed by atoms with van der Waals surface area (Å²) in [5, 5.41) is 0. The number of ether oxygens (including phenoxy) is 2. The van der Waals surface area contributed by atoms with Crippen LogP contribution in [0.2, 0.25) is 0 Å². The fourth-order valence-corrected chi connectivity index (χ4v) is 2.96. The molecule has 0 saturated heterocycles. The predicted octanol–water partition coefficient (Wildman–Crippen LogP) is 6.54. The second-order valence-electron chi connectivity index (χ2n) is 5.97. The maximum absolute atomic E-state index is 13.4. The average Bonchev–Trinajstić information content (AvgIpc) is 2.59. The van der Waals surface area contributed by atoms with Gasteiger partial charge in [-0.3, -0.25) is 4.79 Å². The predicted molar refractivity (Wildman–Crippen MR) is 100 cm³/mol. The standard InChI is InChI=1S/C20H20BrF3O3/c1-3-26-19(25)12-11-16(20(22,23)24)14-7-9-15(10-8-14)27-18-6-4-5-17(21)13(18)2/h4-10,16H,3,11-12H2,1-2H3/t16-/m0/s1. The third-order valence-corrected chi connectivity index (χ3v) is 4.92. The molecule has 27 heavy (non-hydrogen) atoms. The van der Waals surface area contributed by atoms with E-state index in [1.807, 2.05) is 19.1 Å². The van der Waals surface area contributed by atoms with E-state index < -0.39 is 18.1 Å². The maximum Gasteiger partial charge on any atom is 0.395 e. The van der Waals surface area contributed by atoms with Crippen LogP contribution in [0.4, 0.5) is 13.2 Å². The molecule has 2 aromatic carbocycles. The second kappa shape index (κ2) is 9.26. The molecule has 0 aliphatic rings. The van der Waals surface area contributed by atoms with E-state index in [0.29, 0.717) is 11.5 Å². The summed E-state index contributed by atoms with van der Waals surface area (Å²) in [4.78, 5) is 11.4. The van der Waals surface area contributed by atoms with Crippen molar-refractivity contribution in [3.8, 4) is 11.5 Å². The lowest BCUT2D eigenvalue weighted by Crippen LogP contribution is -2.22. The van der Waals surface area contributed by atoms with Crippen molar-refractivity contribution in [2.24, 2.45) is 0 Å². The summed E-state index contributed by atoms with van der Waals surface area (Å²) in [6, 6.07) is 11.2. The molecule has 0 fully saturated rings. The van der Waals surface area contributed by atoms with Gasteiger partial charge in [0.2, 0.25) is 0 Å². The Morgan fingerprint density at radius 2 is 1.81 bits per heavy atom. The van der Waals surface area contributed by atoms with Crippen molar-refractivity contribution < 1.29 is 27.4 Å². The number of hydrogen-bond donors (Lipinski definition) is 0. The number of hydrogen-bond acceptors (Lipinski definition) is 3. The first-order valence-electron chi connectivity index (χ1n) is 8.47. The van der Waals surface area contributed by atoms with Gasteiger partial charge < -0.3 is 9.47 Å². The van der Waals surface area contributed by atoms with E-state index in [4.69, 9.17) is 9.47 Å². The minimum atomic E-state index is -4.45. The summed E-state index contributed by atoms with van der Waals surface area (Å²) < 4.78 is 51.5. The van der Waals surface area contributed by atoms with Crippen molar-refractivity contribution in [2.75, 3.05) is 6.61 Å². The molecule has 1 atom stereocenters. The summed E-state index contributed by atoms with van der Waals surface area (Å²) in [6.07, 6.45) is -5.09. The van der Waals surface area contributed by atoms with Crippen molar-refractivity contribution in [3.63, 3.8) is 0 Å². The normalized spacial score (nSPS) is 12.5. The molecule has 0 aliphatic carbocycles. The third-order valence-electron chi connectivity index (χ3n) is 4.07. The molecule has 0 aromatic heterocycles. The van der Waals surface area contributed by atoms with Crippen LogP contribution in [0.25, 0.3) is 0 Å². The van der Waals surface area contributed by atoms with E-state index >= 15 is 0 Å². The number of alkyl halides is 3. The summed E-state index contributed by atoms with van der Waals surface area (Å²) >= 11 is 3.41. The number of rotatable bonds is 7. The lowest BCUT2D eigenvalue weighted by atomic mass is 9.93. The van der Waals surface area contributed by atoms with E-state index in [-0.39, 0.29) is 25.0 Å². The first-order chi connectivity index (χ1) is 12.7. The Balaban J connectivity index is 2.14. The fourth-order valence-electron chi connectivity index (χ4n) is 2.61. The quantitative estimate of drug-likeness (QED) is 0.454. The average molecular weight is 445 g/mol. The lowest BCUT2D eigenvalue weighted by molar-refractivity contribution is -0.156. The van der Waals surface area contributed by atoms with Crippen LogP contribution in [0.5, 0.6) is 11.5 Å². The number of benzene rings is 2. The molecule has 0 saturated carbocycles. The van der Waals surface area contributed by atoms with Crippen LogP contribution in [0.1, 0.15) is 36.8 Å². The monoisotopic (exact) mass is 444 g/mol. The highest BCUT2D eigenvalue weighted by Crippen LogP contribution is 2.39. The van der Waals surface area contributed by atoms with Gasteiger partial charge in [0.25, 0.3) is 0 Å². The van der Waals surface area contributed by atoms with Gasteiger partial charge in [-0.15, -0.1) is 0 Å². The molecule has 7 heteroatoms. The Labute approximate surface area is 164 Å². The van der Waals surface area contributed by atoms with Crippen LogP contribution in [-0.4, -0.2) is 18.8 Å². The lowest BCUT2D eigenvalue weighted by Gasteiger charge is -2.20. The zero-order valence-electron chi connectivity index (χ0n) is 15.0. The Bertz CT molecular complexity index is 773. The van der Waals surface area contributed by atoms with Crippen molar-refractivity contribution in [3.05, 3.63) is 58.1 Å². The van der Waals surface area contributed by atoms with Crippen molar-refractivity contribution in [1.82, 2.24) is 0 Å². The summed E-state index contributed by atoms with van der Waals surface area (Å²) in [6.45, 7) is 3.64. The van der Waals surface area contributed by atoms with Gasteiger partial charge in [0.15, 0.2) is 0 Å². The highest BCUT2D eigenvalue weighted by molar-refractivity contribution is 9.10. The molecule has 0 unspecified atom stereocenters. The molecule has 0 bridgehead atoms. The molecule has 0 heterocycles. The molecular weight excluding hydrogens is 425 g/mol. The maximum atomic E-state index is 13.4. The Morgan fingerprint density at radius 3 is 2.41 bits per heavy atom. The van der Waals surface area contributed by atoms with E-state index in [9.17, 15) is 18.0 Å². The van der Waals surface area contributed by atoms with E-state index in [1.54, 1.807) is 13.0 Å². The van der Waals surface area contributed by atoms with Gasteiger partial charge in [0.1, 0.15) is 11.5 Å². The molecule has 2 aromatic rings. The van der Waals surface area contributed by atoms with Crippen molar-refractivity contribution in [1.29, 1.82) is 0 Å². The Morgan fingerprint density at radius 1 is 1.15 bits per heavy atom. The van der Waals surface area contributed by atoms with Crippen LogP contribution in [0.15, 0.2) is 46.9 Å². The van der Waals surface area contributed by atoms with Crippen molar-refractivity contribution >= 4 is 21.9 Å². The molecule has 0 N–H and O–H groups in total. The molecule has 0 spiro atoms. The van der Waals surface area contributed by atoms with Crippen LogP contribution in [-0.2, 0) is 9.53 Å². The second-order valence-corrected chi connectivity index (χ2v) is 6.83. The molecule has 2 rings (SSSR count). The highest BCUT2D eigenvalue weighted by atomic mass is 79.9. The van der Waals surface area contributed by atoms with Gasteiger partial charge in [-0.05, 0) is 50.1 Å². The number of carbonyl (C=O) groups excluding carboxylic acids is 1. The van der Waals surface area contributed by atoms with Crippen molar-refractivity contribution in [2.45, 2.75) is 38.8 Å². The zero-order valence-corrected chi connectivity index (χ0v) is 16.6. The minimum absolute atomic E-state index is 0.0881.